The molecule has 6 N–H and O–H groups in total. The van der Waals surface area contributed by atoms with Gasteiger partial charge in [0.15, 0.2) is 5.75 Å². The minimum atomic E-state index is -4.92. The molecule has 0 amide bonds. The number of aromatic hydroxyl groups is 1. The van der Waals surface area contributed by atoms with Gasteiger partial charge in [0.1, 0.15) is 5.69 Å². The molecule has 0 radical (unpaired) electrons. The van der Waals surface area contributed by atoms with Crippen molar-refractivity contribution in [2.24, 2.45) is 15.3 Å². The van der Waals surface area contributed by atoms with Crippen LogP contribution in [0.25, 0.3) is 0 Å². The molecule has 4 aromatic rings. The number of nitrogens with zero attached hydrogens (tertiary/aromatic N) is 6. The summed E-state index contributed by atoms with van der Waals surface area (Å²) in [4.78, 5) is 20.3. The molecule has 1 heterocycles. The number of azo groups is 1. The highest BCUT2D eigenvalue weighted by atomic mass is 32.2. The number of carboxylic acid groups (broad SMARTS) is 1. The lowest BCUT2D eigenvalue weighted by Gasteiger charge is -2.11. The fraction of sp³-hybridized carbons (Fsp3) is 0. The van der Waals surface area contributed by atoms with Crippen molar-refractivity contribution in [3.63, 3.8) is 0 Å². The van der Waals surface area contributed by atoms with Gasteiger partial charge in [0.25, 0.3) is 10.1 Å². The standard InChI is InChI=1S/C23H16F2N8O9S2/c24-21-27-22(25)29-23(28-21)26-16-9-13(44(38,39)40)10-17(18(16)34)31-33-19(11-4-2-1-3-5-11)32-30-15-8-12(43-42-41-37)6-7-14(15)20(35)36/h1-10,30,34,37H,(H,35,36)(H,38,39,40)(H,26,27,28,29)/b32-19-,33-31?. The number of carbonyl (C=O) groups is 1. The number of phenols is 1. The van der Waals surface area contributed by atoms with Crippen molar-refractivity contribution in [3.05, 3.63) is 83.9 Å². The van der Waals surface area contributed by atoms with E-state index in [1.54, 1.807) is 30.3 Å². The lowest BCUT2D eigenvalue weighted by Crippen LogP contribution is -2.06. The third kappa shape index (κ3) is 8.21. The minimum Gasteiger partial charge on any atom is -0.504 e. The summed E-state index contributed by atoms with van der Waals surface area (Å²) in [6.07, 6.45) is -3.04. The number of aromatic carboxylic acids is 1. The maximum absolute atomic E-state index is 13.4. The van der Waals surface area contributed by atoms with E-state index in [0.29, 0.717) is 23.7 Å². The van der Waals surface area contributed by atoms with E-state index in [9.17, 15) is 36.8 Å². The second kappa shape index (κ2) is 13.9. The Labute approximate surface area is 248 Å². The first-order chi connectivity index (χ1) is 20.9. The predicted octanol–water partition coefficient (Wildman–Crippen LogP) is 4.53. The largest absolute Gasteiger partial charge is 0.504 e. The summed E-state index contributed by atoms with van der Waals surface area (Å²) in [5, 5.41) is 46.3. The summed E-state index contributed by atoms with van der Waals surface area (Å²) in [5.41, 5.74) is 1.42. The summed E-state index contributed by atoms with van der Waals surface area (Å²) < 4.78 is 64.7. The molecular formula is C23H16F2N8O9S2. The molecule has 0 bridgehead atoms. The number of rotatable bonds is 11. The van der Waals surface area contributed by atoms with Crippen LogP contribution in [0.2, 0.25) is 0 Å². The maximum atomic E-state index is 13.4. The van der Waals surface area contributed by atoms with Gasteiger partial charge >= 0.3 is 18.1 Å². The smallest absolute Gasteiger partial charge is 0.337 e. The molecule has 0 saturated carbocycles. The molecule has 4 rings (SSSR count). The van der Waals surface area contributed by atoms with Gasteiger partial charge in [-0.25, -0.2) is 10.1 Å². The Bertz CT molecular complexity index is 1850. The number of aromatic nitrogens is 3. The summed E-state index contributed by atoms with van der Waals surface area (Å²) in [6.45, 7) is 0. The number of phenolic OH excluding ortho intramolecular Hbond substituents is 1. The second-order valence-electron chi connectivity index (χ2n) is 7.99. The van der Waals surface area contributed by atoms with Gasteiger partial charge in [0, 0.05) is 10.5 Å². The molecule has 0 spiro atoms. The third-order valence-corrected chi connectivity index (χ3v) is 6.54. The van der Waals surface area contributed by atoms with Gasteiger partial charge in [-0.3, -0.25) is 9.98 Å². The molecule has 0 fully saturated rings. The molecule has 3 aromatic carbocycles. The van der Waals surface area contributed by atoms with E-state index in [1.807, 2.05) is 0 Å². The van der Waals surface area contributed by atoms with Crippen LogP contribution in [-0.4, -0.2) is 55.2 Å². The number of hydrazone groups is 1. The Morgan fingerprint density at radius 2 is 1.68 bits per heavy atom. The van der Waals surface area contributed by atoms with Crippen LogP contribution in [0.3, 0.4) is 0 Å². The van der Waals surface area contributed by atoms with Crippen LogP contribution in [0, 0.1) is 12.2 Å². The van der Waals surface area contributed by atoms with Crippen molar-refractivity contribution in [2.75, 3.05) is 10.7 Å². The van der Waals surface area contributed by atoms with Crippen molar-refractivity contribution in [3.8, 4) is 5.75 Å². The Hall–Kier alpha value is -5.19. The van der Waals surface area contributed by atoms with Crippen LogP contribution in [-0.2, 0) is 19.5 Å². The van der Waals surface area contributed by atoms with E-state index >= 15 is 0 Å². The van der Waals surface area contributed by atoms with Crippen LogP contribution in [0.15, 0.2) is 85.8 Å². The minimum absolute atomic E-state index is 0.0628. The highest BCUT2D eigenvalue weighted by molar-refractivity contribution is 7.94. The molecule has 21 heteroatoms. The number of anilines is 3. The lowest BCUT2D eigenvalue weighted by atomic mass is 10.2. The topological polar surface area (TPSA) is 250 Å². The molecule has 0 saturated heterocycles. The van der Waals surface area contributed by atoms with Crippen molar-refractivity contribution < 1.29 is 51.4 Å². The van der Waals surface area contributed by atoms with Crippen molar-refractivity contribution >= 4 is 57.0 Å². The van der Waals surface area contributed by atoms with Crippen molar-refractivity contribution in [1.82, 2.24) is 15.0 Å². The fourth-order valence-electron chi connectivity index (χ4n) is 3.27. The molecule has 228 valence electrons. The second-order valence-corrected chi connectivity index (χ2v) is 10.2. The van der Waals surface area contributed by atoms with Crippen LogP contribution in [0.1, 0.15) is 15.9 Å². The average molecular weight is 651 g/mol. The van der Waals surface area contributed by atoms with E-state index in [-0.39, 0.29) is 22.0 Å². The van der Waals surface area contributed by atoms with E-state index in [2.05, 4.69) is 50.4 Å². The van der Waals surface area contributed by atoms with Crippen molar-refractivity contribution in [2.45, 2.75) is 9.79 Å². The normalized spacial score (nSPS) is 12.0. The van der Waals surface area contributed by atoms with E-state index in [0.717, 1.165) is 6.07 Å². The molecule has 0 unspecified atom stereocenters. The number of nitrogens with one attached hydrogen (secondary N) is 2. The highest BCUT2D eigenvalue weighted by Gasteiger charge is 2.19. The highest BCUT2D eigenvalue weighted by Crippen LogP contribution is 2.38. The third-order valence-electron chi connectivity index (χ3n) is 5.14. The van der Waals surface area contributed by atoms with Crippen LogP contribution in [0.5, 0.6) is 5.75 Å². The maximum Gasteiger partial charge on any atom is 0.337 e. The number of carboxylic acids is 1. The number of halogens is 2. The van der Waals surface area contributed by atoms with Gasteiger partial charge < -0.3 is 15.5 Å². The van der Waals surface area contributed by atoms with Gasteiger partial charge in [-0.2, -0.15) is 37.3 Å². The monoisotopic (exact) mass is 650 g/mol. The molecular weight excluding hydrogens is 634 g/mol. The summed E-state index contributed by atoms with van der Waals surface area (Å²) in [5.74, 6) is -3.12. The van der Waals surface area contributed by atoms with Gasteiger partial charge in [-0.05, 0) is 30.3 Å². The van der Waals surface area contributed by atoms with Crippen LogP contribution in [0.4, 0.5) is 31.8 Å². The SMILES string of the molecule is O=C(O)c1ccc(SOOO)cc1N/N=C(\N=Nc1cc(S(=O)(=O)O)cc(Nc2nc(F)nc(F)n2)c1O)c1ccccc1. The molecule has 0 aliphatic heterocycles. The molecule has 0 aliphatic carbocycles. The zero-order chi connectivity index (χ0) is 31.9. The van der Waals surface area contributed by atoms with Gasteiger partial charge in [0.05, 0.1) is 33.9 Å². The Kier molecular flexibility index (Phi) is 9.99. The number of hydrogen-bond donors (Lipinski definition) is 6. The number of benzene rings is 3. The molecule has 0 atom stereocenters. The summed E-state index contributed by atoms with van der Waals surface area (Å²) >= 11 is 0.549. The van der Waals surface area contributed by atoms with Crippen LogP contribution >= 0.6 is 12.0 Å². The van der Waals surface area contributed by atoms with Gasteiger partial charge in [-0.1, -0.05) is 35.4 Å². The zero-order valence-electron chi connectivity index (χ0n) is 21.4. The Morgan fingerprint density at radius 1 is 0.977 bits per heavy atom. The van der Waals surface area contributed by atoms with E-state index in [4.69, 9.17) is 5.26 Å². The van der Waals surface area contributed by atoms with Gasteiger partial charge in [-0.15, -0.1) is 14.6 Å². The fourth-order valence-corrected chi connectivity index (χ4v) is 4.20. The Balaban J connectivity index is 1.77. The molecule has 17 nitrogen and oxygen atoms in total. The lowest BCUT2D eigenvalue weighted by molar-refractivity contribution is -0.432. The summed E-state index contributed by atoms with van der Waals surface area (Å²) in [7, 11) is -4.92. The van der Waals surface area contributed by atoms with Crippen molar-refractivity contribution in [1.29, 1.82) is 0 Å². The first-order valence-corrected chi connectivity index (χ1v) is 13.6. The number of hydrogen-bond acceptors (Lipinski definition) is 15. The quantitative estimate of drug-likeness (QED) is 0.0191. The molecule has 44 heavy (non-hydrogen) atoms. The molecule has 0 aliphatic rings. The molecule has 1 aromatic heterocycles. The zero-order valence-corrected chi connectivity index (χ0v) is 23.0. The van der Waals surface area contributed by atoms with E-state index < -0.39 is 56.2 Å². The van der Waals surface area contributed by atoms with E-state index in [1.165, 1.54) is 18.2 Å². The Morgan fingerprint density at radius 3 is 2.32 bits per heavy atom. The summed E-state index contributed by atoms with van der Waals surface area (Å²) in [6, 6.07) is 13.3. The number of amidine groups is 1. The first-order valence-electron chi connectivity index (χ1n) is 11.5. The predicted molar refractivity (Wildman–Crippen MR) is 146 cm³/mol. The first kappa shape index (κ1) is 31.7. The van der Waals surface area contributed by atoms with Gasteiger partial charge in [0.2, 0.25) is 11.8 Å². The van der Waals surface area contributed by atoms with Crippen LogP contribution < -0.4 is 10.7 Å². The average Bonchev–Trinajstić information content (AvgIpc) is 2.97.